The van der Waals surface area contributed by atoms with E-state index in [4.69, 9.17) is 23.2 Å². The van der Waals surface area contributed by atoms with Crippen LogP contribution < -0.4 is 0 Å². The van der Waals surface area contributed by atoms with Crippen molar-refractivity contribution in [3.63, 3.8) is 0 Å². The second-order valence-electron chi connectivity index (χ2n) is 3.99. The molecule has 0 aromatic carbocycles. The van der Waals surface area contributed by atoms with Crippen LogP contribution in [0.25, 0.3) is 0 Å². The van der Waals surface area contributed by atoms with E-state index in [2.05, 4.69) is 23.8 Å². The first-order chi connectivity index (χ1) is 7.04. The number of nitrogens with zero attached hydrogens (tertiary/aromatic N) is 2. The van der Waals surface area contributed by atoms with E-state index >= 15 is 0 Å². The average molecular weight is 247 g/mol. The van der Waals surface area contributed by atoms with Crippen LogP contribution in [0.1, 0.15) is 38.6 Å². The van der Waals surface area contributed by atoms with Crippen LogP contribution in [0.5, 0.6) is 0 Å². The summed E-state index contributed by atoms with van der Waals surface area (Å²) in [7, 11) is 0. The van der Waals surface area contributed by atoms with Gasteiger partial charge in [-0.2, -0.15) is 0 Å². The zero-order valence-electron chi connectivity index (χ0n) is 9.35. The molecule has 2 nitrogen and oxygen atoms in total. The van der Waals surface area contributed by atoms with Crippen molar-refractivity contribution in [3.8, 4) is 0 Å². The summed E-state index contributed by atoms with van der Waals surface area (Å²) in [5, 5.41) is 0.993. The fourth-order valence-electron chi connectivity index (χ4n) is 1.29. The number of aromatic nitrogens is 2. The first-order valence-corrected chi connectivity index (χ1v) is 6.01. The van der Waals surface area contributed by atoms with Gasteiger partial charge in [0.15, 0.2) is 0 Å². The molecule has 0 atom stereocenters. The molecule has 1 heterocycles. The molecule has 4 heteroatoms. The van der Waals surface area contributed by atoms with E-state index in [0.717, 1.165) is 30.7 Å². The molecule has 0 aliphatic carbocycles. The number of hydrogen-bond donors (Lipinski definition) is 0. The molecule has 0 bridgehead atoms. The van der Waals surface area contributed by atoms with Gasteiger partial charge in [-0.05, 0) is 18.8 Å². The molecule has 0 radical (unpaired) electrons. The van der Waals surface area contributed by atoms with Gasteiger partial charge < -0.3 is 0 Å². The van der Waals surface area contributed by atoms with E-state index in [9.17, 15) is 0 Å². The van der Waals surface area contributed by atoms with Gasteiger partial charge in [0.1, 0.15) is 16.1 Å². The van der Waals surface area contributed by atoms with E-state index in [0.29, 0.717) is 16.2 Å². The Bertz CT molecular complexity index is 314. The maximum Gasteiger partial charge on any atom is 0.137 e. The van der Waals surface area contributed by atoms with Crippen LogP contribution in [0.3, 0.4) is 0 Å². The lowest BCUT2D eigenvalue weighted by Gasteiger charge is -2.07. The van der Waals surface area contributed by atoms with Gasteiger partial charge in [0.25, 0.3) is 0 Å². The van der Waals surface area contributed by atoms with Gasteiger partial charge in [-0.1, -0.05) is 44.0 Å². The molecule has 0 saturated heterocycles. The molecular weight excluding hydrogens is 231 g/mol. The molecule has 0 N–H and O–H groups in total. The first-order valence-electron chi connectivity index (χ1n) is 5.25. The average Bonchev–Trinajstić information content (AvgIpc) is 2.14. The summed E-state index contributed by atoms with van der Waals surface area (Å²) in [6.45, 7) is 6.33. The first kappa shape index (κ1) is 12.7. The van der Waals surface area contributed by atoms with Crippen molar-refractivity contribution in [1.82, 2.24) is 9.97 Å². The van der Waals surface area contributed by atoms with E-state index in [1.54, 1.807) is 0 Å². The third-order valence-electron chi connectivity index (χ3n) is 2.25. The Balaban J connectivity index is 2.84. The van der Waals surface area contributed by atoms with Crippen molar-refractivity contribution in [1.29, 1.82) is 0 Å². The summed E-state index contributed by atoms with van der Waals surface area (Å²) in [5.41, 5.74) is 0.839. The molecule has 15 heavy (non-hydrogen) atoms. The molecule has 1 rings (SSSR count). The molecule has 0 spiro atoms. The lowest BCUT2D eigenvalue weighted by atomic mass is 10.1. The summed E-state index contributed by atoms with van der Waals surface area (Å²) < 4.78 is 0. The molecule has 0 aliphatic rings. The second-order valence-corrected chi connectivity index (χ2v) is 4.70. The molecule has 0 fully saturated rings. The molecule has 0 aliphatic heterocycles. The normalized spacial score (nSPS) is 11.1. The number of halogens is 2. The Kier molecular flexibility index (Phi) is 4.81. The smallest absolute Gasteiger partial charge is 0.137 e. The lowest BCUT2D eigenvalue weighted by Crippen LogP contribution is -2.02. The minimum absolute atomic E-state index is 0.497. The molecule has 84 valence electrons. The highest BCUT2D eigenvalue weighted by atomic mass is 35.5. The maximum absolute atomic E-state index is 6.01. The summed E-state index contributed by atoms with van der Waals surface area (Å²) in [6, 6.07) is 0. The Labute approximate surface area is 101 Å². The summed E-state index contributed by atoms with van der Waals surface area (Å²) in [5.74, 6) is 1.38. The monoisotopic (exact) mass is 246 g/mol. The second kappa shape index (κ2) is 5.66. The Hall–Kier alpha value is -0.340. The van der Waals surface area contributed by atoms with Gasteiger partial charge >= 0.3 is 0 Å². The van der Waals surface area contributed by atoms with Crippen molar-refractivity contribution in [2.24, 2.45) is 5.92 Å². The van der Waals surface area contributed by atoms with Gasteiger partial charge in [-0.3, -0.25) is 0 Å². The van der Waals surface area contributed by atoms with E-state index < -0.39 is 0 Å². The van der Waals surface area contributed by atoms with Crippen molar-refractivity contribution in [2.75, 3.05) is 0 Å². The Morgan fingerprint density at radius 1 is 1.13 bits per heavy atom. The van der Waals surface area contributed by atoms with E-state index in [1.807, 2.05) is 6.92 Å². The molecular formula is C11H16Cl2N2. The molecule has 0 amide bonds. The zero-order chi connectivity index (χ0) is 11.4. The highest BCUT2D eigenvalue weighted by Gasteiger charge is 2.09. The third-order valence-corrected chi connectivity index (χ3v) is 2.88. The van der Waals surface area contributed by atoms with Crippen molar-refractivity contribution in [3.05, 3.63) is 21.7 Å². The maximum atomic E-state index is 6.01. The van der Waals surface area contributed by atoms with E-state index in [1.165, 1.54) is 0 Å². The standard InChI is InChI=1S/C11H16Cl2N2/c1-4-8-10(12)14-9(15-11(8)13)6-5-7(2)3/h7H,4-6H2,1-3H3. The van der Waals surface area contributed by atoms with Crippen molar-refractivity contribution >= 4 is 23.2 Å². The fourth-order valence-corrected chi connectivity index (χ4v) is 1.98. The predicted molar refractivity (Wildman–Crippen MR) is 64.6 cm³/mol. The van der Waals surface area contributed by atoms with Gasteiger partial charge in [0.2, 0.25) is 0 Å². The van der Waals surface area contributed by atoms with Crippen LogP contribution in [0.15, 0.2) is 0 Å². The molecule has 0 unspecified atom stereocenters. The molecule has 1 aromatic rings. The Morgan fingerprint density at radius 3 is 2.07 bits per heavy atom. The molecule has 1 aromatic heterocycles. The molecule has 0 saturated carbocycles. The number of hydrogen-bond acceptors (Lipinski definition) is 2. The number of rotatable bonds is 4. The summed E-state index contributed by atoms with van der Waals surface area (Å²) in [4.78, 5) is 8.49. The summed E-state index contributed by atoms with van der Waals surface area (Å²) in [6.07, 6.45) is 2.65. The largest absolute Gasteiger partial charge is 0.221 e. The zero-order valence-corrected chi connectivity index (χ0v) is 10.9. The van der Waals surface area contributed by atoms with Gasteiger partial charge in [0, 0.05) is 12.0 Å². The van der Waals surface area contributed by atoms with Crippen molar-refractivity contribution < 1.29 is 0 Å². The minimum atomic E-state index is 0.497. The lowest BCUT2D eigenvalue weighted by molar-refractivity contribution is 0.574. The minimum Gasteiger partial charge on any atom is -0.221 e. The quantitative estimate of drug-likeness (QED) is 0.753. The number of aryl methyl sites for hydroxylation is 1. The topological polar surface area (TPSA) is 25.8 Å². The highest BCUT2D eigenvalue weighted by molar-refractivity contribution is 6.34. The fraction of sp³-hybridized carbons (Fsp3) is 0.636. The highest BCUT2D eigenvalue weighted by Crippen LogP contribution is 2.22. The van der Waals surface area contributed by atoms with E-state index in [-0.39, 0.29) is 0 Å². The van der Waals surface area contributed by atoms with Crippen LogP contribution in [0.2, 0.25) is 10.3 Å². The SMILES string of the molecule is CCc1c(Cl)nc(CCC(C)C)nc1Cl. The van der Waals surface area contributed by atoms with Gasteiger partial charge in [-0.25, -0.2) is 9.97 Å². The van der Waals surface area contributed by atoms with Crippen LogP contribution in [0.4, 0.5) is 0 Å². The van der Waals surface area contributed by atoms with Crippen molar-refractivity contribution in [2.45, 2.75) is 40.0 Å². The van der Waals surface area contributed by atoms with Crippen LogP contribution >= 0.6 is 23.2 Å². The Morgan fingerprint density at radius 2 is 1.67 bits per heavy atom. The van der Waals surface area contributed by atoms with Crippen LogP contribution in [0, 0.1) is 5.92 Å². The van der Waals surface area contributed by atoms with Crippen LogP contribution in [-0.4, -0.2) is 9.97 Å². The third kappa shape index (κ3) is 3.62. The predicted octanol–water partition coefficient (Wildman–Crippen LogP) is 3.93. The van der Waals surface area contributed by atoms with Gasteiger partial charge in [0.05, 0.1) is 0 Å². The summed E-state index contributed by atoms with van der Waals surface area (Å²) >= 11 is 12.0. The van der Waals surface area contributed by atoms with Crippen LogP contribution in [-0.2, 0) is 12.8 Å². The van der Waals surface area contributed by atoms with Gasteiger partial charge in [-0.15, -0.1) is 0 Å².